The first-order chi connectivity index (χ1) is 14.5. The van der Waals surface area contributed by atoms with E-state index in [4.69, 9.17) is 4.74 Å². The Balaban J connectivity index is 1.47. The Morgan fingerprint density at radius 1 is 1.07 bits per heavy atom. The molecule has 0 saturated heterocycles. The fraction of sp³-hybridized carbons (Fsp3) is 0.250. The second kappa shape index (κ2) is 8.45. The van der Waals surface area contributed by atoms with Crippen LogP contribution in [0.2, 0.25) is 0 Å². The van der Waals surface area contributed by atoms with Crippen LogP contribution in [0.5, 0.6) is 5.75 Å². The molecule has 154 valence electrons. The summed E-state index contributed by atoms with van der Waals surface area (Å²) in [5.41, 5.74) is 1.86. The van der Waals surface area contributed by atoms with Crippen molar-refractivity contribution < 1.29 is 14.3 Å². The molecule has 0 saturated carbocycles. The van der Waals surface area contributed by atoms with Gasteiger partial charge in [-0.05, 0) is 41.5 Å². The third-order valence-electron chi connectivity index (χ3n) is 5.39. The van der Waals surface area contributed by atoms with E-state index in [2.05, 4.69) is 34.9 Å². The number of hydrogen-bond acceptors (Lipinski definition) is 4. The standard InChI is InChI=1S/C24H25N3O3/c1-16(18-12-11-17-7-3-4-8-19(17)13-18)26-23(28)15-27-14-22(24(29)25-2)30-21-10-6-5-9-20(21)27/h3-13,16,22H,14-15H2,1-2H3,(H,25,29)(H,26,28)/t16-,22+/m0/s1. The summed E-state index contributed by atoms with van der Waals surface area (Å²) in [6, 6.07) is 21.7. The van der Waals surface area contributed by atoms with Gasteiger partial charge in [-0.25, -0.2) is 0 Å². The van der Waals surface area contributed by atoms with E-state index >= 15 is 0 Å². The minimum absolute atomic E-state index is 0.108. The number of carbonyl (C=O) groups excluding carboxylic acids is 2. The SMILES string of the molecule is CNC(=O)[C@H]1CN(CC(=O)N[C@@H](C)c2ccc3ccccc3c2)c2ccccc2O1. The molecule has 0 fully saturated rings. The molecule has 0 spiro atoms. The van der Waals surface area contributed by atoms with Gasteiger partial charge in [0.25, 0.3) is 5.91 Å². The van der Waals surface area contributed by atoms with Crippen molar-refractivity contribution in [3.8, 4) is 5.75 Å². The van der Waals surface area contributed by atoms with Crippen LogP contribution in [0, 0.1) is 0 Å². The lowest BCUT2D eigenvalue weighted by Crippen LogP contribution is -2.50. The molecule has 1 aliphatic rings. The van der Waals surface area contributed by atoms with E-state index < -0.39 is 6.10 Å². The van der Waals surface area contributed by atoms with Gasteiger partial charge in [-0.3, -0.25) is 9.59 Å². The quantitative estimate of drug-likeness (QED) is 0.687. The molecule has 2 N–H and O–H groups in total. The lowest BCUT2D eigenvalue weighted by Gasteiger charge is -2.35. The van der Waals surface area contributed by atoms with Gasteiger partial charge in [0.15, 0.2) is 6.10 Å². The molecule has 6 nitrogen and oxygen atoms in total. The van der Waals surface area contributed by atoms with Crippen molar-refractivity contribution in [1.82, 2.24) is 10.6 Å². The molecule has 30 heavy (non-hydrogen) atoms. The molecule has 0 unspecified atom stereocenters. The second-order valence-electron chi connectivity index (χ2n) is 7.46. The van der Waals surface area contributed by atoms with Crippen LogP contribution in [-0.2, 0) is 9.59 Å². The number of fused-ring (bicyclic) bond motifs is 2. The molecule has 1 aliphatic heterocycles. The highest BCUT2D eigenvalue weighted by Crippen LogP contribution is 2.33. The number of para-hydroxylation sites is 2. The molecule has 0 bridgehead atoms. The van der Waals surface area contributed by atoms with Gasteiger partial charge in [0.2, 0.25) is 5.91 Å². The Hall–Kier alpha value is -3.54. The molecule has 0 radical (unpaired) electrons. The fourth-order valence-electron chi connectivity index (χ4n) is 3.78. The summed E-state index contributed by atoms with van der Waals surface area (Å²) in [7, 11) is 1.58. The first kappa shape index (κ1) is 19.8. The van der Waals surface area contributed by atoms with Crippen molar-refractivity contribution in [3.63, 3.8) is 0 Å². The predicted molar refractivity (Wildman–Crippen MR) is 118 cm³/mol. The molecule has 3 aromatic carbocycles. The van der Waals surface area contributed by atoms with E-state index in [-0.39, 0.29) is 24.4 Å². The molecule has 2 atom stereocenters. The number of nitrogens with zero attached hydrogens (tertiary/aromatic N) is 1. The van der Waals surface area contributed by atoms with Gasteiger partial charge in [0, 0.05) is 7.05 Å². The number of carbonyl (C=O) groups is 2. The molecule has 1 heterocycles. The van der Waals surface area contributed by atoms with Gasteiger partial charge in [-0.15, -0.1) is 0 Å². The highest BCUT2D eigenvalue weighted by atomic mass is 16.5. The maximum Gasteiger partial charge on any atom is 0.262 e. The summed E-state index contributed by atoms with van der Waals surface area (Å²) in [6.45, 7) is 2.43. The predicted octanol–water partition coefficient (Wildman–Crippen LogP) is 3.03. The van der Waals surface area contributed by atoms with Crippen molar-refractivity contribution in [2.45, 2.75) is 19.1 Å². The number of nitrogens with one attached hydrogen (secondary N) is 2. The average molecular weight is 403 g/mol. The number of hydrogen-bond donors (Lipinski definition) is 2. The maximum absolute atomic E-state index is 12.8. The van der Waals surface area contributed by atoms with E-state index in [1.807, 2.05) is 54.3 Å². The largest absolute Gasteiger partial charge is 0.477 e. The minimum atomic E-state index is -0.657. The molecule has 4 rings (SSSR count). The molecular weight excluding hydrogens is 378 g/mol. The smallest absolute Gasteiger partial charge is 0.262 e. The van der Waals surface area contributed by atoms with Gasteiger partial charge < -0.3 is 20.3 Å². The summed E-state index contributed by atoms with van der Waals surface area (Å²) < 4.78 is 5.80. The Bertz CT molecular complexity index is 1080. The van der Waals surface area contributed by atoms with Gasteiger partial charge in [0.05, 0.1) is 24.8 Å². The molecule has 0 aromatic heterocycles. The van der Waals surface area contributed by atoms with Crippen LogP contribution in [0.1, 0.15) is 18.5 Å². The van der Waals surface area contributed by atoms with Crippen molar-refractivity contribution in [1.29, 1.82) is 0 Å². The lowest BCUT2D eigenvalue weighted by molar-refractivity contribution is -0.127. The van der Waals surface area contributed by atoms with Gasteiger partial charge in [0.1, 0.15) is 5.75 Å². The van der Waals surface area contributed by atoms with Crippen LogP contribution >= 0.6 is 0 Å². The zero-order chi connectivity index (χ0) is 21.1. The zero-order valence-electron chi connectivity index (χ0n) is 17.1. The van der Waals surface area contributed by atoms with E-state index in [0.717, 1.165) is 16.6 Å². The van der Waals surface area contributed by atoms with Crippen LogP contribution in [-0.4, -0.2) is 38.1 Å². The number of ether oxygens (including phenoxy) is 1. The molecule has 0 aliphatic carbocycles. The maximum atomic E-state index is 12.8. The number of anilines is 1. The van der Waals surface area contributed by atoms with Gasteiger partial charge in [-0.1, -0.05) is 48.5 Å². The van der Waals surface area contributed by atoms with Crippen LogP contribution < -0.4 is 20.3 Å². The number of benzene rings is 3. The van der Waals surface area contributed by atoms with Crippen LogP contribution in [0.3, 0.4) is 0 Å². The van der Waals surface area contributed by atoms with Crippen molar-refractivity contribution in [2.24, 2.45) is 0 Å². The van der Waals surface area contributed by atoms with Crippen LogP contribution in [0.25, 0.3) is 10.8 Å². The summed E-state index contributed by atoms with van der Waals surface area (Å²) >= 11 is 0. The molecule has 6 heteroatoms. The fourth-order valence-corrected chi connectivity index (χ4v) is 3.78. The van der Waals surface area contributed by atoms with Crippen LogP contribution in [0.15, 0.2) is 66.7 Å². The number of amides is 2. The van der Waals surface area contributed by atoms with Gasteiger partial charge in [-0.2, -0.15) is 0 Å². The zero-order valence-corrected chi connectivity index (χ0v) is 17.1. The monoisotopic (exact) mass is 403 g/mol. The summed E-state index contributed by atoms with van der Waals surface area (Å²) in [5, 5.41) is 8.01. The summed E-state index contributed by atoms with van der Waals surface area (Å²) in [5.74, 6) is 0.287. The third kappa shape index (κ3) is 4.08. The van der Waals surface area contributed by atoms with Crippen molar-refractivity contribution in [2.75, 3.05) is 25.0 Å². The van der Waals surface area contributed by atoms with E-state index in [1.54, 1.807) is 7.05 Å². The number of likely N-dealkylation sites (N-methyl/N-ethyl adjacent to an activating group) is 1. The van der Waals surface area contributed by atoms with E-state index in [9.17, 15) is 9.59 Å². The Labute approximate surface area is 175 Å². The Morgan fingerprint density at radius 2 is 1.80 bits per heavy atom. The van der Waals surface area contributed by atoms with Crippen molar-refractivity contribution in [3.05, 3.63) is 72.3 Å². The highest BCUT2D eigenvalue weighted by molar-refractivity contribution is 5.86. The average Bonchev–Trinajstić information content (AvgIpc) is 2.78. The first-order valence-electron chi connectivity index (χ1n) is 10.1. The normalized spacial score (nSPS) is 16.3. The minimum Gasteiger partial charge on any atom is -0.477 e. The number of rotatable bonds is 5. The topological polar surface area (TPSA) is 70.7 Å². The highest BCUT2D eigenvalue weighted by Gasteiger charge is 2.31. The summed E-state index contributed by atoms with van der Waals surface area (Å²) in [4.78, 5) is 26.8. The van der Waals surface area contributed by atoms with E-state index in [1.165, 1.54) is 5.39 Å². The molecule has 2 amide bonds. The third-order valence-corrected chi connectivity index (χ3v) is 5.39. The Kier molecular flexibility index (Phi) is 5.57. The van der Waals surface area contributed by atoms with Crippen LogP contribution in [0.4, 0.5) is 5.69 Å². The second-order valence-corrected chi connectivity index (χ2v) is 7.46. The van der Waals surface area contributed by atoms with Crippen molar-refractivity contribution >= 4 is 28.3 Å². The lowest BCUT2D eigenvalue weighted by atomic mass is 10.0. The first-order valence-corrected chi connectivity index (χ1v) is 10.1. The van der Waals surface area contributed by atoms with Gasteiger partial charge >= 0.3 is 0 Å². The van der Waals surface area contributed by atoms with E-state index in [0.29, 0.717) is 12.3 Å². The summed E-state index contributed by atoms with van der Waals surface area (Å²) in [6.07, 6.45) is -0.657. The molecule has 3 aromatic rings. The molecular formula is C24H25N3O3. The Morgan fingerprint density at radius 3 is 2.60 bits per heavy atom.